The van der Waals surface area contributed by atoms with Gasteiger partial charge in [0, 0.05) is 6.20 Å². The molecule has 0 aliphatic heterocycles. The third kappa shape index (κ3) is 3.79. The van der Waals surface area contributed by atoms with Crippen LogP contribution >= 0.6 is 11.6 Å². The summed E-state index contributed by atoms with van der Waals surface area (Å²) in [5.41, 5.74) is 3.71. The fraction of sp³-hybridized carbons (Fsp3) is 0.312. The second-order valence-electron chi connectivity index (χ2n) is 4.64. The van der Waals surface area contributed by atoms with Crippen molar-refractivity contribution in [1.82, 2.24) is 10.3 Å². The Hall–Kier alpha value is -1.38. The number of pyridine rings is 1. The van der Waals surface area contributed by atoms with E-state index in [2.05, 4.69) is 48.4 Å². The third-order valence-corrected chi connectivity index (χ3v) is 3.47. The highest BCUT2D eigenvalue weighted by Gasteiger charge is 2.13. The zero-order valence-corrected chi connectivity index (χ0v) is 12.1. The molecule has 19 heavy (non-hydrogen) atoms. The Bertz CT molecular complexity index is 523. The van der Waals surface area contributed by atoms with Gasteiger partial charge in [0.2, 0.25) is 0 Å². The molecule has 0 fully saturated rings. The Kier molecular flexibility index (Phi) is 4.94. The first kappa shape index (κ1) is 14.0. The predicted octanol–water partition coefficient (Wildman–Crippen LogP) is 3.94. The molecule has 100 valence electrons. The van der Waals surface area contributed by atoms with E-state index in [0.29, 0.717) is 5.02 Å². The number of nitrogens with zero attached hydrogens (tertiary/aromatic N) is 1. The van der Waals surface area contributed by atoms with Gasteiger partial charge in [-0.05, 0) is 43.1 Å². The maximum absolute atomic E-state index is 5.90. The minimum atomic E-state index is 0.225. The Morgan fingerprint density at radius 2 is 2.00 bits per heavy atom. The van der Waals surface area contributed by atoms with Crippen LogP contribution < -0.4 is 5.32 Å². The van der Waals surface area contributed by atoms with E-state index in [9.17, 15) is 0 Å². The highest BCUT2D eigenvalue weighted by Crippen LogP contribution is 2.20. The summed E-state index contributed by atoms with van der Waals surface area (Å²) in [6.07, 6.45) is 2.65. The van der Waals surface area contributed by atoms with Crippen LogP contribution in [0, 0.1) is 6.92 Å². The highest BCUT2D eigenvalue weighted by atomic mass is 35.5. The summed E-state index contributed by atoms with van der Waals surface area (Å²) >= 11 is 5.90. The molecule has 3 heteroatoms. The molecule has 2 aromatic rings. The Morgan fingerprint density at radius 1 is 1.21 bits per heavy atom. The number of rotatable bonds is 5. The number of halogens is 1. The van der Waals surface area contributed by atoms with Crippen LogP contribution in [0.5, 0.6) is 0 Å². The lowest BCUT2D eigenvalue weighted by atomic mass is 9.99. The fourth-order valence-corrected chi connectivity index (χ4v) is 2.29. The molecule has 1 atom stereocenters. The average Bonchev–Trinajstić information content (AvgIpc) is 2.42. The predicted molar refractivity (Wildman–Crippen MR) is 80.5 cm³/mol. The van der Waals surface area contributed by atoms with E-state index < -0.39 is 0 Å². The van der Waals surface area contributed by atoms with E-state index >= 15 is 0 Å². The van der Waals surface area contributed by atoms with Gasteiger partial charge in [-0.1, -0.05) is 42.8 Å². The van der Waals surface area contributed by atoms with Crippen molar-refractivity contribution in [2.75, 3.05) is 6.54 Å². The molecule has 0 radical (unpaired) electrons. The molecule has 1 aromatic heterocycles. The normalized spacial score (nSPS) is 12.4. The second-order valence-corrected chi connectivity index (χ2v) is 5.08. The maximum Gasteiger partial charge on any atom is 0.0589 e. The molecule has 1 heterocycles. The molecule has 1 unspecified atom stereocenters. The molecule has 0 aliphatic rings. The van der Waals surface area contributed by atoms with E-state index in [1.807, 2.05) is 12.1 Å². The monoisotopic (exact) mass is 274 g/mol. The second kappa shape index (κ2) is 6.69. The van der Waals surface area contributed by atoms with Crippen LogP contribution in [0.4, 0.5) is 0 Å². The van der Waals surface area contributed by atoms with Crippen LogP contribution in [-0.2, 0) is 6.42 Å². The molecule has 0 spiro atoms. The molecule has 1 aromatic carbocycles. The van der Waals surface area contributed by atoms with Crippen LogP contribution in [0.2, 0.25) is 5.02 Å². The number of hydrogen-bond acceptors (Lipinski definition) is 2. The lowest BCUT2D eigenvalue weighted by Gasteiger charge is -2.18. The van der Waals surface area contributed by atoms with Crippen LogP contribution in [0.3, 0.4) is 0 Å². The van der Waals surface area contributed by atoms with Gasteiger partial charge in [0.1, 0.15) is 0 Å². The summed E-state index contributed by atoms with van der Waals surface area (Å²) in [7, 11) is 0. The molecule has 2 rings (SSSR count). The van der Waals surface area contributed by atoms with Crippen LogP contribution in [0.1, 0.15) is 29.8 Å². The molecule has 1 N–H and O–H groups in total. The van der Waals surface area contributed by atoms with Crippen molar-refractivity contribution in [1.29, 1.82) is 0 Å². The first-order chi connectivity index (χ1) is 9.20. The van der Waals surface area contributed by atoms with Gasteiger partial charge >= 0.3 is 0 Å². The van der Waals surface area contributed by atoms with Crippen molar-refractivity contribution >= 4 is 11.6 Å². The lowest BCUT2D eigenvalue weighted by molar-refractivity contribution is 0.536. The lowest BCUT2D eigenvalue weighted by Crippen LogP contribution is -2.24. The Balaban J connectivity index is 2.21. The molecule has 0 amide bonds. The summed E-state index contributed by atoms with van der Waals surface area (Å²) in [5.74, 6) is 0. The van der Waals surface area contributed by atoms with Gasteiger partial charge in [0.25, 0.3) is 0 Å². The standard InChI is InChI=1S/C16H19ClN2/c1-3-18-16(15-9-8-14(17)11-19-15)10-13-7-5-4-6-12(13)2/h4-9,11,16,18H,3,10H2,1-2H3. The van der Waals surface area contributed by atoms with Gasteiger partial charge in [-0.15, -0.1) is 0 Å². The summed E-state index contributed by atoms with van der Waals surface area (Å²) in [6.45, 7) is 5.18. The van der Waals surface area contributed by atoms with Crippen molar-refractivity contribution in [3.63, 3.8) is 0 Å². The molecule has 0 saturated carbocycles. The highest BCUT2D eigenvalue weighted by molar-refractivity contribution is 6.30. The number of aryl methyl sites for hydroxylation is 1. The van der Waals surface area contributed by atoms with Crippen LogP contribution in [0.15, 0.2) is 42.6 Å². The average molecular weight is 275 g/mol. The number of benzene rings is 1. The first-order valence-electron chi connectivity index (χ1n) is 6.60. The minimum absolute atomic E-state index is 0.225. The van der Waals surface area contributed by atoms with Crippen molar-refractivity contribution in [2.24, 2.45) is 0 Å². The quantitative estimate of drug-likeness (QED) is 0.893. The maximum atomic E-state index is 5.90. The number of aromatic nitrogens is 1. The van der Waals surface area contributed by atoms with Gasteiger partial charge in [-0.2, -0.15) is 0 Å². The van der Waals surface area contributed by atoms with E-state index in [-0.39, 0.29) is 6.04 Å². The van der Waals surface area contributed by atoms with E-state index in [1.165, 1.54) is 11.1 Å². The van der Waals surface area contributed by atoms with Gasteiger partial charge in [-0.3, -0.25) is 4.98 Å². The van der Waals surface area contributed by atoms with Crippen molar-refractivity contribution in [3.8, 4) is 0 Å². The Labute approximate surface area is 119 Å². The minimum Gasteiger partial charge on any atom is -0.309 e. The summed E-state index contributed by atoms with van der Waals surface area (Å²) in [6, 6.07) is 12.6. The molecule has 2 nitrogen and oxygen atoms in total. The molecule has 0 saturated heterocycles. The zero-order valence-electron chi connectivity index (χ0n) is 11.4. The van der Waals surface area contributed by atoms with Crippen molar-refractivity contribution < 1.29 is 0 Å². The SMILES string of the molecule is CCNC(Cc1ccccc1C)c1ccc(Cl)cn1. The Morgan fingerprint density at radius 3 is 2.63 bits per heavy atom. The van der Waals surface area contributed by atoms with E-state index in [0.717, 1.165) is 18.7 Å². The van der Waals surface area contributed by atoms with Gasteiger partial charge in [0.05, 0.1) is 16.8 Å². The molecule has 0 aliphatic carbocycles. The third-order valence-electron chi connectivity index (χ3n) is 3.24. The number of hydrogen-bond donors (Lipinski definition) is 1. The van der Waals surface area contributed by atoms with Crippen molar-refractivity contribution in [2.45, 2.75) is 26.3 Å². The fourth-order valence-electron chi connectivity index (χ4n) is 2.18. The van der Waals surface area contributed by atoms with Gasteiger partial charge in [-0.25, -0.2) is 0 Å². The van der Waals surface area contributed by atoms with E-state index in [4.69, 9.17) is 11.6 Å². The van der Waals surface area contributed by atoms with Gasteiger partial charge < -0.3 is 5.32 Å². The molecule has 0 bridgehead atoms. The smallest absolute Gasteiger partial charge is 0.0589 e. The van der Waals surface area contributed by atoms with E-state index in [1.54, 1.807) is 6.20 Å². The van der Waals surface area contributed by atoms with Crippen molar-refractivity contribution in [3.05, 3.63) is 64.4 Å². The molecular formula is C16H19ClN2. The largest absolute Gasteiger partial charge is 0.309 e. The molecular weight excluding hydrogens is 256 g/mol. The topological polar surface area (TPSA) is 24.9 Å². The number of likely N-dealkylation sites (N-methyl/N-ethyl adjacent to an activating group) is 1. The van der Waals surface area contributed by atoms with Crippen LogP contribution in [-0.4, -0.2) is 11.5 Å². The summed E-state index contributed by atoms with van der Waals surface area (Å²) < 4.78 is 0. The zero-order chi connectivity index (χ0) is 13.7. The first-order valence-corrected chi connectivity index (χ1v) is 6.98. The summed E-state index contributed by atoms with van der Waals surface area (Å²) in [5, 5.41) is 4.16. The number of nitrogens with one attached hydrogen (secondary N) is 1. The van der Waals surface area contributed by atoms with Gasteiger partial charge in [0.15, 0.2) is 0 Å². The summed E-state index contributed by atoms with van der Waals surface area (Å²) in [4.78, 5) is 4.43. The van der Waals surface area contributed by atoms with Crippen LogP contribution in [0.25, 0.3) is 0 Å².